The molecule has 0 radical (unpaired) electrons. The van der Waals surface area contributed by atoms with Crippen molar-refractivity contribution in [1.82, 2.24) is 0 Å². The van der Waals surface area contributed by atoms with Crippen molar-refractivity contribution in [3.8, 4) is 0 Å². The molecule has 0 aliphatic heterocycles. The van der Waals surface area contributed by atoms with Crippen LogP contribution in [0.2, 0.25) is 0 Å². The fourth-order valence-corrected chi connectivity index (χ4v) is 1.38. The molecule has 0 aliphatic rings. The minimum atomic E-state index is -0.460. The van der Waals surface area contributed by atoms with Crippen LogP contribution in [0.1, 0.15) is 5.56 Å². The lowest BCUT2D eigenvalue weighted by molar-refractivity contribution is 0.180. The summed E-state index contributed by atoms with van der Waals surface area (Å²) in [6.45, 7) is 0. The Labute approximate surface area is 93.6 Å². The number of para-hydroxylation sites is 1. The van der Waals surface area contributed by atoms with Gasteiger partial charge in [0.1, 0.15) is 4.99 Å². The minimum absolute atomic E-state index is 0.251. The minimum Gasteiger partial charge on any atom is -0.452 e. The summed E-state index contributed by atoms with van der Waals surface area (Å²) in [7, 11) is 2.92. The first kappa shape index (κ1) is 11.5. The number of rotatable bonds is 2. The number of hydrogen-bond acceptors (Lipinski definition) is 3. The van der Waals surface area contributed by atoms with E-state index in [1.165, 1.54) is 12.0 Å². The molecule has 4 nitrogen and oxygen atoms in total. The predicted octanol–water partition coefficient (Wildman–Crippen LogP) is 1.52. The van der Waals surface area contributed by atoms with Crippen LogP contribution in [0.5, 0.6) is 0 Å². The SMILES string of the molecule is COC(=O)N(C)c1ccccc1C(N)=S. The van der Waals surface area contributed by atoms with Crippen LogP contribution in [0.15, 0.2) is 24.3 Å². The van der Waals surface area contributed by atoms with Crippen LogP contribution >= 0.6 is 12.2 Å². The van der Waals surface area contributed by atoms with E-state index in [-0.39, 0.29) is 4.99 Å². The number of thiocarbonyl (C=S) groups is 1. The van der Waals surface area contributed by atoms with Gasteiger partial charge in [-0.3, -0.25) is 4.90 Å². The zero-order chi connectivity index (χ0) is 11.4. The molecule has 0 aliphatic carbocycles. The maximum absolute atomic E-state index is 11.3. The molecule has 2 N–H and O–H groups in total. The average Bonchev–Trinajstić information content (AvgIpc) is 2.27. The molecule has 1 amide bonds. The number of nitrogens with zero attached hydrogens (tertiary/aromatic N) is 1. The van der Waals surface area contributed by atoms with Crippen LogP contribution in [0.3, 0.4) is 0 Å². The number of ether oxygens (including phenoxy) is 1. The van der Waals surface area contributed by atoms with Crippen molar-refractivity contribution in [2.24, 2.45) is 5.73 Å². The Balaban J connectivity index is 3.13. The first-order valence-corrected chi connectivity index (χ1v) is 4.69. The molecule has 1 aromatic carbocycles. The van der Waals surface area contributed by atoms with Gasteiger partial charge in [0.05, 0.1) is 12.8 Å². The van der Waals surface area contributed by atoms with E-state index in [2.05, 4.69) is 4.74 Å². The molecule has 0 aromatic heterocycles. The lowest BCUT2D eigenvalue weighted by atomic mass is 10.1. The monoisotopic (exact) mass is 224 g/mol. The highest BCUT2D eigenvalue weighted by Gasteiger charge is 2.14. The predicted molar refractivity (Wildman–Crippen MR) is 63.1 cm³/mol. The number of anilines is 1. The maximum atomic E-state index is 11.3. The van der Waals surface area contributed by atoms with Gasteiger partial charge in [0, 0.05) is 12.6 Å². The van der Waals surface area contributed by atoms with E-state index in [0.717, 1.165) is 0 Å². The van der Waals surface area contributed by atoms with Crippen LogP contribution < -0.4 is 10.6 Å². The normalized spacial score (nSPS) is 9.47. The summed E-state index contributed by atoms with van der Waals surface area (Å²) in [5, 5.41) is 0. The molecule has 0 fully saturated rings. The number of carbonyl (C=O) groups excluding carboxylic acids is 1. The number of hydrogen-bond donors (Lipinski definition) is 1. The van der Waals surface area contributed by atoms with Crippen molar-refractivity contribution in [2.75, 3.05) is 19.1 Å². The molecule has 15 heavy (non-hydrogen) atoms. The van der Waals surface area contributed by atoms with E-state index < -0.39 is 6.09 Å². The summed E-state index contributed by atoms with van der Waals surface area (Å²) in [6.07, 6.45) is -0.460. The number of carbonyl (C=O) groups is 1. The molecule has 80 valence electrons. The standard InChI is InChI=1S/C10H12N2O2S/c1-12(10(13)14-2)8-6-4-3-5-7(8)9(11)15/h3-6H,1-2H3,(H2,11,15). The lowest BCUT2D eigenvalue weighted by Crippen LogP contribution is -2.28. The fraction of sp³-hybridized carbons (Fsp3) is 0.200. The van der Waals surface area contributed by atoms with Gasteiger partial charge in [-0.05, 0) is 12.1 Å². The zero-order valence-corrected chi connectivity index (χ0v) is 9.38. The largest absolute Gasteiger partial charge is 0.452 e. The summed E-state index contributed by atoms with van der Waals surface area (Å²) < 4.78 is 4.60. The molecule has 0 saturated carbocycles. The van der Waals surface area contributed by atoms with Crippen LogP contribution in [0.25, 0.3) is 0 Å². The molecule has 0 spiro atoms. The third-order valence-electron chi connectivity index (χ3n) is 1.98. The highest BCUT2D eigenvalue weighted by atomic mass is 32.1. The van der Waals surface area contributed by atoms with Gasteiger partial charge in [0.25, 0.3) is 0 Å². The van der Waals surface area contributed by atoms with E-state index in [1.54, 1.807) is 25.2 Å². The van der Waals surface area contributed by atoms with Crippen molar-refractivity contribution in [2.45, 2.75) is 0 Å². The number of methoxy groups -OCH3 is 1. The quantitative estimate of drug-likeness (QED) is 0.774. The summed E-state index contributed by atoms with van der Waals surface area (Å²) in [4.78, 5) is 12.9. The molecular weight excluding hydrogens is 212 g/mol. The molecular formula is C10H12N2O2S. The van der Waals surface area contributed by atoms with Crippen molar-refractivity contribution in [3.63, 3.8) is 0 Å². The Morgan fingerprint density at radius 2 is 2.07 bits per heavy atom. The Bertz CT molecular complexity index is 393. The highest BCUT2D eigenvalue weighted by Crippen LogP contribution is 2.19. The molecule has 1 rings (SSSR count). The van der Waals surface area contributed by atoms with Crippen molar-refractivity contribution in [3.05, 3.63) is 29.8 Å². The number of benzene rings is 1. The maximum Gasteiger partial charge on any atom is 0.413 e. The Morgan fingerprint density at radius 1 is 1.47 bits per heavy atom. The van der Waals surface area contributed by atoms with Gasteiger partial charge in [0.2, 0.25) is 0 Å². The zero-order valence-electron chi connectivity index (χ0n) is 8.56. The van der Waals surface area contributed by atoms with Gasteiger partial charge in [-0.2, -0.15) is 0 Å². The topological polar surface area (TPSA) is 55.6 Å². The molecule has 1 aromatic rings. The Kier molecular flexibility index (Phi) is 3.62. The number of amides is 1. The third kappa shape index (κ3) is 2.44. The Morgan fingerprint density at radius 3 is 2.60 bits per heavy atom. The van der Waals surface area contributed by atoms with Crippen LogP contribution in [0.4, 0.5) is 10.5 Å². The van der Waals surface area contributed by atoms with Crippen molar-refractivity contribution in [1.29, 1.82) is 0 Å². The summed E-state index contributed by atoms with van der Waals surface area (Å²) in [5.41, 5.74) is 6.84. The van der Waals surface area contributed by atoms with Gasteiger partial charge in [-0.1, -0.05) is 24.4 Å². The lowest BCUT2D eigenvalue weighted by Gasteiger charge is -2.18. The smallest absolute Gasteiger partial charge is 0.413 e. The van der Waals surface area contributed by atoms with Gasteiger partial charge in [-0.15, -0.1) is 0 Å². The molecule has 5 heteroatoms. The third-order valence-corrected chi connectivity index (χ3v) is 2.20. The van der Waals surface area contributed by atoms with Crippen molar-refractivity contribution < 1.29 is 9.53 Å². The average molecular weight is 224 g/mol. The second-order valence-electron chi connectivity index (χ2n) is 2.91. The first-order valence-electron chi connectivity index (χ1n) is 4.28. The van der Waals surface area contributed by atoms with Crippen LogP contribution in [-0.4, -0.2) is 25.2 Å². The van der Waals surface area contributed by atoms with Gasteiger partial charge in [0.15, 0.2) is 0 Å². The number of nitrogens with two attached hydrogens (primary N) is 1. The second-order valence-corrected chi connectivity index (χ2v) is 3.35. The van der Waals surface area contributed by atoms with Crippen LogP contribution in [-0.2, 0) is 4.74 Å². The Hall–Kier alpha value is -1.62. The van der Waals surface area contributed by atoms with Gasteiger partial charge < -0.3 is 10.5 Å². The van der Waals surface area contributed by atoms with E-state index in [9.17, 15) is 4.79 Å². The van der Waals surface area contributed by atoms with E-state index in [0.29, 0.717) is 11.3 Å². The summed E-state index contributed by atoms with van der Waals surface area (Å²) >= 11 is 4.89. The first-order chi connectivity index (χ1) is 7.07. The van der Waals surface area contributed by atoms with E-state index in [1.807, 2.05) is 6.07 Å². The molecule has 0 atom stereocenters. The van der Waals surface area contributed by atoms with Crippen molar-refractivity contribution >= 4 is 29.0 Å². The van der Waals surface area contributed by atoms with Gasteiger partial charge in [-0.25, -0.2) is 4.79 Å². The van der Waals surface area contributed by atoms with E-state index >= 15 is 0 Å². The molecule has 0 heterocycles. The molecule has 0 saturated heterocycles. The molecule has 0 bridgehead atoms. The van der Waals surface area contributed by atoms with Crippen LogP contribution in [0, 0.1) is 0 Å². The molecule has 0 unspecified atom stereocenters. The fourth-order valence-electron chi connectivity index (χ4n) is 1.21. The summed E-state index contributed by atoms with van der Waals surface area (Å²) in [6, 6.07) is 7.13. The second kappa shape index (κ2) is 4.75. The summed E-state index contributed by atoms with van der Waals surface area (Å²) in [5.74, 6) is 0. The highest BCUT2D eigenvalue weighted by molar-refractivity contribution is 7.80. The van der Waals surface area contributed by atoms with Gasteiger partial charge >= 0.3 is 6.09 Å². The van der Waals surface area contributed by atoms with E-state index in [4.69, 9.17) is 18.0 Å².